The quantitative estimate of drug-likeness (QED) is 0.597. The van der Waals surface area contributed by atoms with Crippen molar-refractivity contribution < 1.29 is 14.3 Å². The van der Waals surface area contributed by atoms with Crippen LogP contribution in [-0.4, -0.2) is 36.7 Å². The number of nitrogens with two attached hydrogens (primary N) is 1. The Balaban J connectivity index is 1.88. The molecule has 0 saturated carbocycles. The molecular weight excluding hydrogens is 234 g/mol. The number of hydrogen-bond donors (Lipinski definition) is 2. The third kappa shape index (κ3) is 2.91. The van der Waals surface area contributed by atoms with Crippen LogP contribution in [0.5, 0.6) is 0 Å². The van der Waals surface area contributed by atoms with Gasteiger partial charge in [0.15, 0.2) is 6.23 Å². The number of anilines is 1. The van der Waals surface area contributed by atoms with Gasteiger partial charge in [-0.05, 0) is 17.7 Å². The number of benzene rings is 1. The molecule has 6 nitrogen and oxygen atoms in total. The number of amides is 2. The topological polar surface area (TPSA) is 84.7 Å². The van der Waals surface area contributed by atoms with Gasteiger partial charge in [-0.3, -0.25) is 4.79 Å². The Morgan fingerprint density at radius 3 is 3.00 bits per heavy atom. The number of hydrogen-bond acceptors (Lipinski definition) is 4. The van der Waals surface area contributed by atoms with E-state index in [1.54, 1.807) is 31.3 Å². The Labute approximate surface area is 105 Å². The van der Waals surface area contributed by atoms with Crippen LogP contribution in [0.2, 0.25) is 0 Å². The monoisotopic (exact) mass is 249 g/mol. The Kier molecular flexibility index (Phi) is 3.36. The van der Waals surface area contributed by atoms with E-state index in [0.717, 1.165) is 5.56 Å². The number of urea groups is 1. The average Bonchev–Trinajstić information content (AvgIpc) is 2.57. The smallest absolute Gasteiger partial charge is 0.320 e. The zero-order valence-corrected chi connectivity index (χ0v) is 10.1. The molecule has 2 amide bonds. The van der Waals surface area contributed by atoms with Gasteiger partial charge in [-0.25, -0.2) is 4.79 Å². The van der Waals surface area contributed by atoms with Gasteiger partial charge in [0.25, 0.3) is 0 Å². The molecule has 2 rings (SSSR count). The predicted octanol–water partition coefficient (Wildman–Crippen LogP) is 0.336. The standard InChI is InChI=1S/C12H15N3O3/c1-15-7-10(14-12(15)17)18-11(16)6-8-3-2-4-9(13)5-8/h2-5,10H,6-7,13H2,1H3,(H,14,17). The third-order valence-electron chi connectivity index (χ3n) is 2.64. The van der Waals surface area contributed by atoms with Crippen molar-refractivity contribution in [1.82, 2.24) is 10.2 Å². The van der Waals surface area contributed by atoms with Crippen molar-refractivity contribution in [2.45, 2.75) is 12.6 Å². The van der Waals surface area contributed by atoms with Crippen molar-refractivity contribution in [1.29, 1.82) is 0 Å². The number of nitrogen functional groups attached to an aromatic ring is 1. The number of carbonyl (C=O) groups excluding carboxylic acids is 2. The van der Waals surface area contributed by atoms with E-state index in [0.29, 0.717) is 12.2 Å². The second-order valence-corrected chi connectivity index (χ2v) is 4.23. The molecule has 0 aliphatic carbocycles. The summed E-state index contributed by atoms with van der Waals surface area (Å²) < 4.78 is 5.14. The van der Waals surface area contributed by atoms with E-state index >= 15 is 0 Å². The number of nitrogens with zero attached hydrogens (tertiary/aromatic N) is 1. The molecule has 0 spiro atoms. The van der Waals surface area contributed by atoms with Crippen LogP contribution in [0.1, 0.15) is 5.56 Å². The number of rotatable bonds is 3. The summed E-state index contributed by atoms with van der Waals surface area (Å²) in [7, 11) is 1.64. The Hall–Kier alpha value is -2.24. The first-order chi connectivity index (χ1) is 8.54. The highest BCUT2D eigenvalue weighted by Gasteiger charge is 2.28. The Bertz CT molecular complexity index is 475. The van der Waals surface area contributed by atoms with Gasteiger partial charge >= 0.3 is 12.0 Å². The van der Waals surface area contributed by atoms with Gasteiger partial charge in [-0.1, -0.05) is 12.1 Å². The molecule has 96 valence electrons. The zero-order valence-electron chi connectivity index (χ0n) is 10.1. The molecule has 1 aliphatic rings. The van der Waals surface area contributed by atoms with E-state index in [9.17, 15) is 9.59 Å². The van der Waals surface area contributed by atoms with E-state index in [1.165, 1.54) is 4.90 Å². The third-order valence-corrected chi connectivity index (χ3v) is 2.64. The first-order valence-corrected chi connectivity index (χ1v) is 5.60. The second kappa shape index (κ2) is 4.95. The van der Waals surface area contributed by atoms with Crippen LogP contribution in [0.3, 0.4) is 0 Å². The number of likely N-dealkylation sites (N-methyl/N-ethyl adjacent to an activating group) is 1. The second-order valence-electron chi connectivity index (χ2n) is 4.23. The van der Waals surface area contributed by atoms with E-state index in [-0.39, 0.29) is 18.4 Å². The lowest BCUT2D eigenvalue weighted by atomic mass is 10.1. The molecule has 18 heavy (non-hydrogen) atoms. The van der Waals surface area contributed by atoms with E-state index in [4.69, 9.17) is 10.5 Å². The maximum absolute atomic E-state index is 11.7. The summed E-state index contributed by atoms with van der Waals surface area (Å²) >= 11 is 0. The highest BCUT2D eigenvalue weighted by molar-refractivity contribution is 5.78. The number of nitrogens with one attached hydrogen (secondary N) is 1. The molecule has 1 heterocycles. The van der Waals surface area contributed by atoms with E-state index < -0.39 is 6.23 Å². The Morgan fingerprint density at radius 2 is 2.39 bits per heavy atom. The average molecular weight is 249 g/mol. The molecule has 1 fully saturated rings. The van der Waals surface area contributed by atoms with Crippen LogP contribution in [0, 0.1) is 0 Å². The van der Waals surface area contributed by atoms with Crippen LogP contribution in [0.25, 0.3) is 0 Å². The minimum Gasteiger partial charge on any atom is -0.439 e. The molecule has 1 unspecified atom stereocenters. The molecule has 1 aliphatic heterocycles. The van der Waals surface area contributed by atoms with Crippen LogP contribution in [0.4, 0.5) is 10.5 Å². The summed E-state index contributed by atoms with van der Waals surface area (Å²) in [4.78, 5) is 24.3. The maximum atomic E-state index is 11.7. The van der Waals surface area contributed by atoms with Crippen LogP contribution in [-0.2, 0) is 16.0 Å². The van der Waals surface area contributed by atoms with Gasteiger partial charge in [0.2, 0.25) is 0 Å². The molecule has 0 radical (unpaired) electrons. The zero-order chi connectivity index (χ0) is 13.1. The molecule has 1 aromatic carbocycles. The fourth-order valence-corrected chi connectivity index (χ4v) is 1.76. The maximum Gasteiger partial charge on any atom is 0.320 e. The molecule has 1 aromatic rings. The van der Waals surface area contributed by atoms with Crippen molar-refractivity contribution in [3.63, 3.8) is 0 Å². The summed E-state index contributed by atoms with van der Waals surface area (Å²) in [5, 5.41) is 2.55. The lowest BCUT2D eigenvalue weighted by molar-refractivity contribution is -0.148. The number of esters is 1. The van der Waals surface area contributed by atoms with Gasteiger partial charge in [-0.15, -0.1) is 0 Å². The molecule has 1 atom stereocenters. The van der Waals surface area contributed by atoms with E-state index in [2.05, 4.69) is 5.32 Å². The molecule has 0 aromatic heterocycles. The van der Waals surface area contributed by atoms with Crippen molar-refractivity contribution in [2.24, 2.45) is 0 Å². The van der Waals surface area contributed by atoms with Gasteiger partial charge < -0.3 is 20.7 Å². The van der Waals surface area contributed by atoms with Gasteiger partial charge in [-0.2, -0.15) is 0 Å². The highest BCUT2D eigenvalue weighted by Crippen LogP contribution is 2.09. The summed E-state index contributed by atoms with van der Waals surface area (Å²) in [5.41, 5.74) is 7.01. The summed E-state index contributed by atoms with van der Waals surface area (Å²) in [6, 6.07) is 6.82. The van der Waals surface area contributed by atoms with Gasteiger partial charge in [0, 0.05) is 12.7 Å². The number of carbonyl (C=O) groups is 2. The fraction of sp³-hybridized carbons (Fsp3) is 0.333. The molecule has 0 bridgehead atoms. The summed E-state index contributed by atoms with van der Waals surface area (Å²) in [6.07, 6.45) is -0.433. The van der Waals surface area contributed by atoms with Gasteiger partial charge in [0.05, 0.1) is 13.0 Å². The fourth-order valence-electron chi connectivity index (χ4n) is 1.76. The minimum absolute atomic E-state index is 0.140. The lowest BCUT2D eigenvalue weighted by Crippen LogP contribution is -2.32. The minimum atomic E-state index is -0.573. The predicted molar refractivity (Wildman–Crippen MR) is 65.6 cm³/mol. The first-order valence-electron chi connectivity index (χ1n) is 5.60. The van der Waals surface area contributed by atoms with Crippen LogP contribution >= 0.6 is 0 Å². The van der Waals surface area contributed by atoms with Crippen molar-refractivity contribution in [3.05, 3.63) is 29.8 Å². The van der Waals surface area contributed by atoms with E-state index in [1.807, 2.05) is 0 Å². The summed E-state index contributed by atoms with van der Waals surface area (Å²) in [6.45, 7) is 0.363. The summed E-state index contributed by atoms with van der Waals surface area (Å²) in [5.74, 6) is -0.388. The van der Waals surface area contributed by atoms with Crippen molar-refractivity contribution in [2.75, 3.05) is 19.3 Å². The molecular formula is C12H15N3O3. The number of ether oxygens (including phenoxy) is 1. The first kappa shape index (κ1) is 12.2. The van der Waals surface area contributed by atoms with Crippen LogP contribution in [0.15, 0.2) is 24.3 Å². The van der Waals surface area contributed by atoms with Crippen LogP contribution < -0.4 is 11.1 Å². The molecule has 3 N–H and O–H groups in total. The molecule has 1 saturated heterocycles. The highest BCUT2D eigenvalue weighted by atomic mass is 16.6. The SMILES string of the molecule is CN1CC(OC(=O)Cc2cccc(N)c2)NC1=O. The van der Waals surface area contributed by atoms with Crippen molar-refractivity contribution in [3.8, 4) is 0 Å². The Morgan fingerprint density at radius 1 is 1.61 bits per heavy atom. The molecule has 6 heteroatoms. The lowest BCUT2D eigenvalue weighted by Gasteiger charge is -2.11. The largest absolute Gasteiger partial charge is 0.439 e. The van der Waals surface area contributed by atoms with Gasteiger partial charge in [0.1, 0.15) is 0 Å². The normalized spacial score (nSPS) is 18.6. The van der Waals surface area contributed by atoms with Crippen molar-refractivity contribution >= 4 is 17.7 Å².